The molecular formula is C13H11O2P. The van der Waals surface area contributed by atoms with Crippen LogP contribution in [0.4, 0.5) is 0 Å². The summed E-state index contributed by atoms with van der Waals surface area (Å²) in [4.78, 5) is 10.7. The SMILES string of the molecule is O=C(O)c1ccc(-c2ccc(P)cc2)cc1. The standard InChI is InChI=1S/C13H11O2P/c14-13(15)11-3-1-9(2-4-11)10-5-7-12(16)8-6-10/h1-8H,16H2,(H,14,15). The van der Waals surface area contributed by atoms with Gasteiger partial charge >= 0.3 is 5.97 Å². The fourth-order valence-electron chi connectivity index (χ4n) is 1.48. The second kappa shape index (κ2) is 4.46. The molecule has 2 aromatic carbocycles. The van der Waals surface area contributed by atoms with Gasteiger partial charge in [0.25, 0.3) is 0 Å². The van der Waals surface area contributed by atoms with Gasteiger partial charge in [-0.1, -0.05) is 36.4 Å². The van der Waals surface area contributed by atoms with Crippen molar-refractivity contribution in [3.63, 3.8) is 0 Å². The number of carboxylic acids is 1. The first-order chi connectivity index (χ1) is 7.66. The van der Waals surface area contributed by atoms with E-state index in [1.807, 2.05) is 36.4 Å². The fourth-order valence-corrected chi connectivity index (χ4v) is 1.67. The molecule has 0 bridgehead atoms. The first-order valence-corrected chi connectivity index (χ1v) is 5.44. The molecule has 3 heteroatoms. The summed E-state index contributed by atoms with van der Waals surface area (Å²) in [6, 6.07) is 14.9. The monoisotopic (exact) mass is 230 g/mol. The van der Waals surface area contributed by atoms with E-state index in [-0.39, 0.29) is 0 Å². The highest BCUT2D eigenvalue weighted by Gasteiger charge is 2.02. The number of hydrogen-bond acceptors (Lipinski definition) is 1. The zero-order valence-corrected chi connectivity index (χ0v) is 9.71. The molecule has 0 heterocycles. The average molecular weight is 230 g/mol. The summed E-state index contributed by atoms with van der Waals surface area (Å²) in [6.45, 7) is 0. The molecule has 0 amide bonds. The van der Waals surface area contributed by atoms with Gasteiger partial charge in [0.15, 0.2) is 0 Å². The van der Waals surface area contributed by atoms with E-state index < -0.39 is 5.97 Å². The molecule has 2 nitrogen and oxygen atoms in total. The van der Waals surface area contributed by atoms with E-state index in [0.717, 1.165) is 16.4 Å². The second-order valence-electron chi connectivity index (χ2n) is 3.50. The van der Waals surface area contributed by atoms with Crippen LogP contribution in [-0.2, 0) is 0 Å². The van der Waals surface area contributed by atoms with Crippen molar-refractivity contribution in [3.8, 4) is 11.1 Å². The maximum Gasteiger partial charge on any atom is 0.335 e. The third-order valence-electron chi connectivity index (χ3n) is 2.38. The Morgan fingerprint density at radius 1 is 0.875 bits per heavy atom. The van der Waals surface area contributed by atoms with Crippen molar-refractivity contribution in [2.75, 3.05) is 0 Å². The van der Waals surface area contributed by atoms with Crippen LogP contribution in [-0.4, -0.2) is 11.1 Å². The third-order valence-corrected chi connectivity index (χ3v) is 2.76. The van der Waals surface area contributed by atoms with Crippen molar-refractivity contribution in [1.82, 2.24) is 0 Å². The minimum Gasteiger partial charge on any atom is -0.478 e. The molecule has 0 radical (unpaired) electrons. The number of benzene rings is 2. The van der Waals surface area contributed by atoms with E-state index in [9.17, 15) is 4.79 Å². The quantitative estimate of drug-likeness (QED) is 0.805. The van der Waals surface area contributed by atoms with Crippen LogP contribution in [0.25, 0.3) is 11.1 Å². The van der Waals surface area contributed by atoms with Gasteiger partial charge in [-0.3, -0.25) is 0 Å². The Kier molecular flexibility index (Phi) is 3.02. The number of carbonyl (C=O) groups is 1. The molecule has 0 fully saturated rings. The maximum absolute atomic E-state index is 10.7. The zero-order valence-electron chi connectivity index (χ0n) is 8.55. The zero-order chi connectivity index (χ0) is 11.5. The van der Waals surface area contributed by atoms with Gasteiger partial charge in [0.2, 0.25) is 0 Å². The van der Waals surface area contributed by atoms with Gasteiger partial charge in [-0.25, -0.2) is 4.79 Å². The predicted molar refractivity (Wildman–Crippen MR) is 68.2 cm³/mol. The van der Waals surface area contributed by atoms with Crippen molar-refractivity contribution in [3.05, 3.63) is 54.1 Å². The summed E-state index contributed by atoms with van der Waals surface area (Å²) >= 11 is 0. The third kappa shape index (κ3) is 2.29. The highest BCUT2D eigenvalue weighted by atomic mass is 31.0. The number of rotatable bonds is 2. The molecule has 0 aliphatic heterocycles. The van der Waals surface area contributed by atoms with Crippen LogP contribution in [0.1, 0.15) is 10.4 Å². The van der Waals surface area contributed by atoms with Crippen LogP contribution in [0.5, 0.6) is 0 Å². The second-order valence-corrected chi connectivity index (χ2v) is 4.17. The van der Waals surface area contributed by atoms with E-state index in [4.69, 9.17) is 5.11 Å². The van der Waals surface area contributed by atoms with E-state index in [1.165, 1.54) is 0 Å². The Hall–Kier alpha value is -1.66. The van der Waals surface area contributed by atoms with Crippen molar-refractivity contribution in [2.24, 2.45) is 0 Å². The van der Waals surface area contributed by atoms with E-state index in [2.05, 4.69) is 9.24 Å². The Balaban J connectivity index is 2.34. The highest BCUT2D eigenvalue weighted by molar-refractivity contribution is 7.27. The van der Waals surface area contributed by atoms with E-state index in [0.29, 0.717) is 5.56 Å². The van der Waals surface area contributed by atoms with Crippen molar-refractivity contribution < 1.29 is 9.90 Å². The molecule has 0 saturated carbocycles. The van der Waals surface area contributed by atoms with E-state index >= 15 is 0 Å². The molecule has 0 aliphatic rings. The number of hydrogen-bond donors (Lipinski definition) is 1. The normalized spacial score (nSPS) is 10.1. The number of aromatic carboxylic acids is 1. The van der Waals surface area contributed by atoms with Crippen molar-refractivity contribution in [1.29, 1.82) is 0 Å². The summed E-state index contributed by atoms with van der Waals surface area (Å²) in [5.74, 6) is -0.896. The van der Waals surface area contributed by atoms with Crippen LogP contribution in [0.3, 0.4) is 0 Å². The fraction of sp³-hybridized carbons (Fsp3) is 0. The molecule has 0 aromatic heterocycles. The Labute approximate surface area is 96.1 Å². The summed E-state index contributed by atoms with van der Waals surface area (Å²) < 4.78 is 0. The van der Waals surface area contributed by atoms with Gasteiger partial charge in [-0.05, 0) is 28.6 Å². The summed E-state index contributed by atoms with van der Waals surface area (Å²) in [5.41, 5.74) is 2.42. The molecule has 1 atom stereocenters. The van der Waals surface area contributed by atoms with E-state index in [1.54, 1.807) is 12.1 Å². The van der Waals surface area contributed by atoms with Gasteiger partial charge in [0.05, 0.1) is 5.56 Å². The summed E-state index contributed by atoms with van der Waals surface area (Å²) in [7, 11) is 2.63. The number of carboxylic acid groups (broad SMARTS) is 1. The minimum absolute atomic E-state index is 0.311. The van der Waals surface area contributed by atoms with Crippen LogP contribution >= 0.6 is 9.24 Å². The minimum atomic E-state index is -0.896. The summed E-state index contributed by atoms with van der Waals surface area (Å²) in [5, 5.41) is 9.91. The van der Waals surface area contributed by atoms with Gasteiger partial charge in [-0.15, -0.1) is 9.24 Å². The molecule has 1 unspecified atom stereocenters. The van der Waals surface area contributed by atoms with Crippen LogP contribution in [0, 0.1) is 0 Å². The lowest BCUT2D eigenvalue weighted by molar-refractivity contribution is 0.0697. The van der Waals surface area contributed by atoms with Crippen LogP contribution < -0.4 is 5.30 Å². The Morgan fingerprint density at radius 3 is 1.75 bits per heavy atom. The van der Waals surface area contributed by atoms with Gasteiger partial charge in [0.1, 0.15) is 0 Å². The topological polar surface area (TPSA) is 37.3 Å². The summed E-state index contributed by atoms with van der Waals surface area (Å²) in [6.07, 6.45) is 0. The van der Waals surface area contributed by atoms with Crippen LogP contribution in [0.2, 0.25) is 0 Å². The molecule has 0 saturated heterocycles. The molecule has 2 aromatic rings. The molecule has 16 heavy (non-hydrogen) atoms. The van der Waals surface area contributed by atoms with Crippen molar-refractivity contribution >= 4 is 20.5 Å². The average Bonchev–Trinajstić information content (AvgIpc) is 2.30. The smallest absolute Gasteiger partial charge is 0.335 e. The lowest BCUT2D eigenvalue weighted by Crippen LogP contribution is -1.95. The first-order valence-electron chi connectivity index (χ1n) is 4.86. The first kappa shape index (κ1) is 10.8. The van der Waals surface area contributed by atoms with Crippen molar-refractivity contribution in [2.45, 2.75) is 0 Å². The lowest BCUT2D eigenvalue weighted by atomic mass is 10.0. The molecular weight excluding hydrogens is 219 g/mol. The largest absolute Gasteiger partial charge is 0.478 e. The van der Waals surface area contributed by atoms with Crippen LogP contribution in [0.15, 0.2) is 48.5 Å². The molecule has 0 aliphatic carbocycles. The molecule has 0 spiro atoms. The Morgan fingerprint density at radius 2 is 1.31 bits per heavy atom. The molecule has 80 valence electrons. The van der Waals surface area contributed by atoms with Gasteiger partial charge < -0.3 is 5.11 Å². The Bertz CT molecular complexity index is 500. The lowest BCUT2D eigenvalue weighted by Gasteiger charge is -2.02. The molecule has 2 rings (SSSR count). The van der Waals surface area contributed by atoms with Gasteiger partial charge in [0, 0.05) is 0 Å². The highest BCUT2D eigenvalue weighted by Crippen LogP contribution is 2.19. The molecule has 1 N–H and O–H groups in total. The maximum atomic E-state index is 10.7. The predicted octanol–water partition coefficient (Wildman–Crippen LogP) is 2.55. The van der Waals surface area contributed by atoms with Gasteiger partial charge in [-0.2, -0.15) is 0 Å².